The second kappa shape index (κ2) is 8.09. The van der Waals surface area contributed by atoms with E-state index >= 15 is 0 Å². The van der Waals surface area contributed by atoms with Gasteiger partial charge in [0.05, 0.1) is 5.92 Å². The molecule has 4 rings (SSSR count). The van der Waals surface area contributed by atoms with Gasteiger partial charge in [-0.2, -0.15) is 0 Å². The Labute approximate surface area is 177 Å². The lowest BCUT2D eigenvalue weighted by Gasteiger charge is -2.41. The summed E-state index contributed by atoms with van der Waals surface area (Å²) in [6, 6.07) is 14.0. The molecule has 158 valence electrons. The number of nitrogens with zero attached hydrogens (tertiary/aromatic N) is 3. The number of carbonyl (C=O) groups excluding carboxylic acids is 2. The second-order valence-electron chi connectivity index (χ2n) is 9.24. The standard InChI is InChI=1S/C24H29N3O3/c1-24(2,3)30-23(29)27-15-20(17-8-5-4-6-9-17)21(16-27)22(28)26-13-19(14-26)18-10-7-11-25-12-18/h4-12,19-21H,13-16H2,1-3H3/t20-,21+/m0/s1. The number of rotatable bonds is 3. The summed E-state index contributed by atoms with van der Waals surface area (Å²) in [7, 11) is 0. The molecule has 0 unspecified atom stereocenters. The van der Waals surface area contributed by atoms with Crippen LogP contribution < -0.4 is 0 Å². The van der Waals surface area contributed by atoms with Gasteiger partial charge in [0.25, 0.3) is 0 Å². The van der Waals surface area contributed by atoms with Crippen molar-refractivity contribution in [2.24, 2.45) is 5.92 Å². The van der Waals surface area contributed by atoms with Crippen LogP contribution in [0.1, 0.15) is 43.7 Å². The van der Waals surface area contributed by atoms with Gasteiger partial charge in [0.1, 0.15) is 5.60 Å². The van der Waals surface area contributed by atoms with E-state index in [0.717, 1.165) is 5.56 Å². The largest absolute Gasteiger partial charge is 0.444 e. The summed E-state index contributed by atoms with van der Waals surface area (Å²) in [6.07, 6.45) is 3.29. The molecule has 0 aliphatic carbocycles. The number of hydrogen-bond donors (Lipinski definition) is 0. The highest BCUT2D eigenvalue weighted by molar-refractivity contribution is 5.83. The molecule has 0 bridgehead atoms. The lowest BCUT2D eigenvalue weighted by Crippen LogP contribution is -2.51. The number of ether oxygens (including phenoxy) is 1. The molecule has 2 atom stereocenters. The van der Waals surface area contributed by atoms with Gasteiger partial charge in [-0.05, 0) is 38.0 Å². The molecule has 1 aromatic heterocycles. The van der Waals surface area contributed by atoms with E-state index in [0.29, 0.717) is 32.1 Å². The van der Waals surface area contributed by atoms with Crippen LogP contribution in [0.15, 0.2) is 54.9 Å². The fourth-order valence-electron chi connectivity index (χ4n) is 4.29. The zero-order valence-electron chi connectivity index (χ0n) is 17.8. The van der Waals surface area contributed by atoms with Gasteiger partial charge in [0.2, 0.25) is 5.91 Å². The van der Waals surface area contributed by atoms with Gasteiger partial charge in [-0.1, -0.05) is 36.4 Å². The SMILES string of the molecule is CC(C)(C)OC(=O)N1C[C@@H](C(=O)N2CC(c3cccnc3)C2)[C@H](c2ccccc2)C1. The van der Waals surface area contributed by atoms with Crippen LogP contribution in [0.5, 0.6) is 0 Å². The molecule has 3 heterocycles. The molecule has 0 radical (unpaired) electrons. The highest BCUT2D eigenvalue weighted by Gasteiger charge is 2.45. The van der Waals surface area contributed by atoms with Gasteiger partial charge in [-0.3, -0.25) is 9.78 Å². The lowest BCUT2D eigenvalue weighted by molar-refractivity contribution is -0.140. The number of likely N-dealkylation sites (tertiary alicyclic amines) is 2. The molecular formula is C24H29N3O3. The van der Waals surface area contributed by atoms with Crippen LogP contribution in [0.2, 0.25) is 0 Å². The number of pyridine rings is 1. The van der Waals surface area contributed by atoms with Crippen molar-refractivity contribution in [2.45, 2.75) is 38.2 Å². The van der Waals surface area contributed by atoms with Gasteiger partial charge in [0.15, 0.2) is 0 Å². The van der Waals surface area contributed by atoms with Crippen LogP contribution >= 0.6 is 0 Å². The van der Waals surface area contributed by atoms with E-state index in [1.54, 1.807) is 11.1 Å². The van der Waals surface area contributed by atoms with E-state index in [-0.39, 0.29) is 23.8 Å². The van der Waals surface area contributed by atoms with Crippen LogP contribution in [0.3, 0.4) is 0 Å². The fraction of sp³-hybridized carbons (Fsp3) is 0.458. The maximum atomic E-state index is 13.4. The fourth-order valence-corrected chi connectivity index (χ4v) is 4.29. The average Bonchev–Trinajstić information content (AvgIpc) is 3.13. The molecular weight excluding hydrogens is 378 g/mol. The van der Waals surface area contributed by atoms with Crippen molar-refractivity contribution in [3.63, 3.8) is 0 Å². The van der Waals surface area contributed by atoms with Gasteiger partial charge in [0, 0.05) is 50.4 Å². The number of benzene rings is 1. The minimum Gasteiger partial charge on any atom is -0.444 e. The van der Waals surface area contributed by atoms with Crippen molar-refractivity contribution in [1.82, 2.24) is 14.8 Å². The molecule has 2 amide bonds. The summed E-state index contributed by atoms with van der Waals surface area (Å²) >= 11 is 0. The molecule has 6 heteroatoms. The molecule has 2 aromatic rings. The lowest BCUT2D eigenvalue weighted by atomic mass is 9.85. The maximum Gasteiger partial charge on any atom is 0.410 e. The summed E-state index contributed by atoms with van der Waals surface area (Å²) < 4.78 is 5.56. The van der Waals surface area contributed by atoms with Crippen molar-refractivity contribution in [2.75, 3.05) is 26.2 Å². The molecule has 0 saturated carbocycles. The molecule has 6 nitrogen and oxygen atoms in total. The Morgan fingerprint density at radius 1 is 0.933 bits per heavy atom. The highest BCUT2D eigenvalue weighted by atomic mass is 16.6. The second-order valence-corrected chi connectivity index (χ2v) is 9.24. The van der Waals surface area contributed by atoms with E-state index in [1.165, 1.54) is 5.56 Å². The first-order chi connectivity index (χ1) is 14.3. The van der Waals surface area contributed by atoms with Crippen molar-refractivity contribution in [3.05, 3.63) is 66.0 Å². The third kappa shape index (κ3) is 4.32. The third-order valence-electron chi connectivity index (χ3n) is 5.87. The summed E-state index contributed by atoms with van der Waals surface area (Å²) in [6.45, 7) is 7.87. The Kier molecular flexibility index (Phi) is 5.50. The van der Waals surface area contributed by atoms with Crippen LogP contribution in [0, 0.1) is 5.92 Å². The Morgan fingerprint density at radius 2 is 1.63 bits per heavy atom. The summed E-state index contributed by atoms with van der Waals surface area (Å²) in [4.78, 5) is 33.8. The van der Waals surface area contributed by atoms with E-state index in [2.05, 4.69) is 11.1 Å². The molecule has 30 heavy (non-hydrogen) atoms. The van der Waals surface area contributed by atoms with Crippen molar-refractivity contribution in [1.29, 1.82) is 0 Å². The molecule has 1 aromatic carbocycles. The monoisotopic (exact) mass is 407 g/mol. The zero-order valence-corrected chi connectivity index (χ0v) is 17.8. The van der Waals surface area contributed by atoms with Crippen LogP contribution in [-0.4, -0.2) is 58.6 Å². The first-order valence-corrected chi connectivity index (χ1v) is 10.5. The number of hydrogen-bond acceptors (Lipinski definition) is 4. The minimum atomic E-state index is -0.560. The zero-order chi connectivity index (χ0) is 21.3. The van der Waals surface area contributed by atoms with Gasteiger partial charge >= 0.3 is 6.09 Å². The Morgan fingerprint density at radius 3 is 2.27 bits per heavy atom. The van der Waals surface area contributed by atoms with Gasteiger partial charge in [-0.15, -0.1) is 0 Å². The molecule has 2 aliphatic rings. The van der Waals surface area contributed by atoms with E-state index in [9.17, 15) is 9.59 Å². The average molecular weight is 408 g/mol. The topological polar surface area (TPSA) is 62.7 Å². The Bertz CT molecular complexity index is 889. The molecule has 0 spiro atoms. The predicted octanol–water partition coefficient (Wildman–Crippen LogP) is 3.66. The molecule has 2 saturated heterocycles. The minimum absolute atomic E-state index is 0.0244. The Hall–Kier alpha value is -2.89. The Balaban J connectivity index is 1.48. The smallest absolute Gasteiger partial charge is 0.410 e. The van der Waals surface area contributed by atoms with E-state index < -0.39 is 5.60 Å². The first-order valence-electron chi connectivity index (χ1n) is 10.5. The predicted molar refractivity (Wildman–Crippen MR) is 114 cm³/mol. The van der Waals surface area contributed by atoms with E-state index in [4.69, 9.17) is 4.74 Å². The maximum absolute atomic E-state index is 13.4. The molecule has 2 aliphatic heterocycles. The van der Waals surface area contributed by atoms with Crippen molar-refractivity contribution >= 4 is 12.0 Å². The summed E-state index contributed by atoms with van der Waals surface area (Å²) in [5, 5.41) is 0. The number of aromatic nitrogens is 1. The third-order valence-corrected chi connectivity index (χ3v) is 5.87. The van der Waals surface area contributed by atoms with Gasteiger partial charge < -0.3 is 14.5 Å². The van der Waals surface area contributed by atoms with Crippen LogP contribution in [0.25, 0.3) is 0 Å². The van der Waals surface area contributed by atoms with E-state index in [1.807, 2.05) is 68.3 Å². The summed E-state index contributed by atoms with van der Waals surface area (Å²) in [5.74, 6) is 0.176. The van der Waals surface area contributed by atoms with Crippen molar-refractivity contribution in [3.8, 4) is 0 Å². The van der Waals surface area contributed by atoms with Crippen molar-refractivity contribution < 1.29 is 14.3 Å². The quantitative estimate of drug-likeness (QED) is 0.779. The molecule has 0 N–H and O–H groups in total. The summed E-state index contributed by atoms with van der Waals surface area (Å²) in [5.41, 5.74) is 1.70. The molecule has 2 fully saturated rings. The highest BCUT2D eigenvalue weighted by Crippen LogP contribution is 2.37. The normalized spacial score (nSPS) is 22.0. The van der Waals surface area contributed by atoms with Crippen LogP contribution in [-0.2, 0) is 9.53 Å². The van der Waals surface area contributed by atoms with Crippen LogP contribution in [0.4, 0.5) is 4.79 Å². The van der Waals surface area contributed by atoms with Gasteiger partial charge in [-0.25, -0.2) is 4.79 Å². The number of carbonyl (C=O) groups is 2. The first kappa shape index (κ1) is 20.4. The number of amides is 2.